The maximum absolute atomic E-state index is 11.2. The number of carbonyl (C=O) groups is 1. The minimum Gasteiger partial charge on any atom is -0.330 e. The highest BCUT2D eigenvalue weighted by Gasteiger charge is 2.01. The lowest BCUT2D eigenvalue weighted by Gasteiger charge is -1.96. The van der Waals surface area contributed by atoms with E-state index in [1.165, 1.54) is 0 Å². The molecule has 0 bridgehead atoms. The van der Waals surface area contributed by atoms with Crippen LogP contribution in [0.5, 0.6) is 0 Å². The molecule has 1 aromatic rings. The Morgan fingerprint density at radius 3 is 2.45 bits per heavy atom. The van der Waals surface area contributed by atoms with Crippen LogP contribution in [0.2, 0.25) is 0 Å². The van der Waals surface area contributed by atoms with E-state index in [0.717, 1.165) is 5.56 Å². The summed E-state index contributed by atoms with van der Waals surface area (Å²) < 4.78 is 0. The first kappa shape index (κ1) is 7.95. The van der Waals surface area contributed by atoms with Crippen molar-refractivity contribution in [2.75, 3.05) is 6.54 Å². The van der Waals surface area contributed by atoms with Crippen molar-refractivity contribution in [1.29, 1.82) is 0 Å². The molecule has 0 saturated carbocycles. The van der Waals surface area contributed by atoms with Gasteiger partial charge in [0.1, 0.15) is 0 Å². The molecular formula is C9H11NO. The van der Waals surface area contributed by atoms with E-state index in [1.54, 1.807) is 12.1 Å². The summed E-state index contributed by atoms with van der Waals surface area (Å²) >= 11 is 0. The van der Waals surface area contributed by atoms with Crippen LogP contribution in [0.4, 0.5) is 0 Å². The molecule has 2 nitrogen and oxygen atoms in total. The van der Waals surface area contributed by atoms with Crippen molar-refractivity contribution in [2.45, 2.75) is 6.42 Å². The van der Waals surface area contributed by atoms with Gasteiger partial charge in [0.25, 0.3) is 0 Å². The molecule has 2 N–H and O–H groups in total. The molecule has 0 aliphatic rings. The number of ketones is 1. The standard InChI is InChI=1S/C9H11NO/c10-7-6-9(11)8-4-2-1-3-5-8/h1-5H,6-7,10H2. The first-order valence-electron chi connectivity index (χ1n) is 3.63. The molecule has 0 unspecified atom stereocenters. The van der Waals surface area contributed by atoms with Crippen LogP contribution >= 0.6 is 0 Å². The number of rotatable bonds is 3. The van der Waals surface area contributed by atoms with Gasteiger partial charge in [0.05, 0.1) is 0 Å². The molecule has 0 spiro atoms. The fraction of sp³-hybridized carbons (Fsp3) is 0.222. The van der Waals surface area contributed by atoms with Crippen molar-refractivity contribution in [1.82, 2.24) is 0 Å². The molecule has 1 aromatic carbocycles. The largest absolute Gasteiger partial charge is 0.330 e. The summed E-state index contributed by atoms with van der Waals surface area (Å²) in [6, 6.07) is 9.20. The number of hydrogen-bond donors (Lipinski definition) is 1. The minimum atomic E-state index is 0.119. The highest BCUT2D eigenvalue weighted by atomic mass is 16.1. The van der Waals surface area contributed by atoms with Crippen molar-refractivity contribution in [3.63, 3.8) is 0 Å². The fourth-order valence-electron chi connectivity index (χ4n) is 0.899. The van der Waals surface area contributed by atoms with Crippen molar-refractivity contribution < 1.29 is 4.79 Å². The van der Waals surface area contributed by atoms with E-state index in [-0.39, 0.29) is 5.78 Å². The maximum atomic E-state index is 11.2. The average Bonchev–Trinajstić information content (AvgIpc) is 2.07. The van der Waals surface area contributed by atoms with E-state index >= 15 is 0 Å². The van der Waals surface area contributed by atoms with E-state index in [1.807, 2.05) is 18.2 Å². The van der Waals surface area contributed by atoms with E-state index in [2.05, 4.69) is 0 Å². The van der Waals surface area contributed by atoms with Gasteiger partial charge in [-0.05, 0) is 6.54 Å². The summed E-state index contributed by atoms with van der Waals surface area (Å²) in [5.41, 5.74) is 5.99. The topological polar surface area (TPSA) is 43.1 Å². The van der Waals surface area contributed by atoms with Crippen molar-refractivity contribution >= 4 is 5.78 Å². The van der Waals surface area contributed by atoms with Crippen LogP contribution in [-0.4, -0.2) is 12.3 Å². The molecule has 0 amide bonds. The van der Waals surface area contributed by atoms with Gasteiger partial charge in [0, 0.05) is 12.0 Å². The molecule has 0 heterocycles. The van der Waals surface area contributed by atoms with E-state index in [4.69, 9.17) is 5.73 Å². The molecule has 0 aliphatic carbocycles. The van der Waals surface area contributed by atoms with Gasteiger partial charge in [0.2, 0.25) is 0 Å². The van der Waals surface area contributed by atoms with Crippen LogP contribution in [0.1, 0.15) is 16.8 Å². The SMILES string of the molecule is NCCC(=O)c1ccccc1. The van der Waals surface area contributed by atoms with Crippen molar-refractivity contribution in [3.8, 4) is 0 Å². The Balaban J connectivity index is 2.69. The third-order valence-corrected chi connectivity index (χ3v) is 1.47. The smallest absolute Gasteiger partial charge is 0.164 e. The summed E-state index contributed by atoms with van der Waals surface area (Å²) in [4.78, 5) is 11.2. The highest BCUT2D eigenvalue weighted by molar-refractivity contribution is 5.96. The van der Waals surface area contributed by atoms with Gasteiger partial charge in [-0.1, -0.05) is 30.3 Å². The van der Waals surface area contributed by atoms with Crippen molar-refractivity contribution in [3.05, 3.63) is 35.9 Å². The number of nitrogens with two attached hydrogens (primary N) is 1. The molecule has 0 atom stereocenters. The second kappa shape index (κ2) is 3.88. The molecular weight excluding hydrogens is 138 g/mol. The summed E-state index contributed by atoms with van der Waals surface area (Å²) in [6.45, 7) is 0.424. The Bertz CT molecular complexity index is 231. The highest BCUT2D eigenvalue weighted by Crippen LogP contribution is 2.01. The average molecular weight is 149 g/mol. The quantitative estimate of drug-likeness (QED) is 0.656. The van der Waals surface area contributed by atoms with Crippen LogP contribution in [-0.2, 0) is 0 Å². The van der Waals surface area contributed by atoms with Gasteiger partial charge in [-0.3, -0.25) is 4.79 Å². The Morgan fingerprint density at radius 2 is 1.91 bits per heavy atom. The molecule has 58 valence electrons. The van der Waals surface area contributed by atoms with Crippen LogP contribution in [0.3, 0.4) is 0 Å². The first-order valence-corrected chi connectivity index (χ1v) is 3.63. The lowest BCUT2D eigenvalue weighted by atomic mass is 10.1. The number of carbonyl (C=O) groups excluding carboxylic acids is 1. The maximum Gasteiger partial charge on any atom is 0.164 e. The predicted octanol–water partition coefficient (Wildman–Crippen LogP) is 1.22. The van der Waals surface area contributed by atoms with Crippen LogP contribution in [0.15, 0.2) is 30.3 Å². The van der Waals surface area contributed by atoms with E-state index in [9.17, 15) is 4.79 Å². The van der Waals surface area contributed by atoms with Crippen molar-refractivity contribution in [2.24, 2.45) is 5.73 Å². The van der Waals surface area contributed by atoms with Crippen LogP contribution in [0.25, 0.3) is 0 Å². The van der Waals surface area contributed by atoms with Gasteiger partial charge >= 0.3 is 0 Å². The second-order valence-electron chi connectivity index (χ2n) is 2.33. The van der Waals surface area contributed by atoms with Gasteiger partial charge in [-0.25, -0.2) is 0 Å². The van der Waals surface area contributed by atoms with E-state index < -0.39 is 0 Å². The minimum absolute atomic E-state index is 0.119. The summed E-state index contributed by atoms with van der Waals surface area (Å²) in [5, 5.41) is 0. The number of hydrogen-bond acceptors (Lipinski definition) is 2. The van der Waals surface area contributed by atoms with Gasteiger partial charge in [-0.2, -0.15) is 0 Å². The molecule has 0 aliphatic heterocycles. The molecule has 0 radical (unpaired) electrons. The monoisotopic (exact) mass is 149 g/mol. The fourth-order valence-corrected chi connectivity index (χ4v) is 0.899. The lowest BCUT2D eigenvalue weighted by Crippen LogP contribution is -2.07. The predicted molar refractivity (Wildman–Crippen MR) is 44.4 cm³/mol. The summed E-state index contributed by atoms with van der Waals surface area (Å²) in [6.07, 6.45) is 0.435. The third-order valence-electron chi connectivity index (χ3n) is 1.47. The van der Waals surface area contributed by atoms with Crippen LogP contribution < -0.4 is 5.73 Å². The van der Waals surface area contributed by atoms with E-state index in [0.29, 0.717) is 13.0 Å². The lowest BCUT2D eigenvalue weighted by molar-refractivity contribution is 0.0985. The van der Waals surface area contributed by atoms with Gasteiger partial charge in [0.15, 0.2) is 5.78 Å². The number of Topliss-reactive ketones (excluding diaryl/α,β-unsaturated/α-hetero) is 1. The van der Waals surface area contributed by atoms with Gasteiger partial charge in [-0.15, -0.1) is 0 Å². The number of benzene rings is 1. The zero-order valence-electron chi connectivity index (χ0n) is 6.29. The molecule has 0 aromatic heterocycles. The molecule has 1 rings (SSSR count). The second-order valence-corrected chi connectivity index (χ2v) is 2.33. The van der Waals surface area contributed by atoms with Crippen LogP contribution in [0, 0.1) is 0 Å². The Labute approximate surface area is 66.0 Å². The zero-order valence-corrected chi connectivity index (χ0v) is 6.29. The third kappa shape index (κ3) is 2.16. The Morgan fingerprint density at radius 1 is 1.27 bits per heavy atom. The van der Waals surface area contributed by atoms with Gasteiger partial charge < -0.3 is 5.73 Å². The first-order chi connectivity index (χ1) is 5.34. The Hall–Kier alpha value is -1.15. The Kier molecular flexibility index (Phi) is 2.81. The molecule has 0 saturated heterocycles. The molecule has 11 heavy (non-hydrogen) atoms. The molecule has 0 fully saturated rings. The zero-order chi connectivity index (χ0) is 8.10. The molecule has 2 heteroatoms. The normalized spacial score (nSPS) is 9.55. The summed E-state index contributed by atoms with van der Waals surface area (Å²) in [7, 11) is 0. The summed E-state index contributed by atoms with van der Waals surface area (Å²) in [5.74, 6) is 0.119.